The van der Waals surface area contributed by atoms with Crippen LogP contribution in [0.5, 0.6) is 0 Å². The summed E-state index contributed by atoms with van der Waals surface area (Å²) >= 11 is 0.370. The first-order valence-electron chi connectivity index (χ1n) is 2.06. The van der Waals surface area contributed by atoms with E-state index in [2.05, 4.69) is 8.37 Å². The SMILES string of the molecule is O=C1C=CC(=O)OSO1.[Au].[Na]. The van der Waals surface area contributed by atoms with Crippen LogP contribution in [0.2, 0.25) is 0 Å². The van der Waals surface area contributed by atoms with Gasteiger partial charge in [0.2, 0.25) is 0 Å². The fraction of sp³-hybridized carbons (Fsp3) is 0. The maximum atomic E-state index is 10.3. The summed E-state index contributed by atoms with van der Waals surface area (Å²) in [5, 5.41) is 0. The zero-order chi connectivity index (χ0) is 6.69. The fourth-order valence-electron chi connectivity index (χ4n) is 0.276. The molecule has 0 unspecified atom stereocenters. The largest absolute Gasteiger partial charge is 0.351 e. The van der Waals surface area contributed by atoms with Crippen molar-refractivity contribution in [1.29, 1.82) is 0 Å². The molecule has 1 aliphatic heterocycles. The minimum Gasteiger partial charge on any atom is -0.351 e. The maximum Gasteiger partial charge on any atom is 0.345 e. The van der Waals surface area contributed by atoms with E-state index in [1.165, 1.54) is 0 Å². The second-order valence-electron chi connectivity index (χ2n) is 1.21. The smallest absolute Gasteiger partial charge is 0.345 e. The van der Waals surface area contributed by atoms with Crippen molar-refractivity contribution >= 4 is 53.8 Å². The van der Waals surface area contributed by atoms with E-state index in [0.717, 1.165) is 12.2 Å². The third-order valence-electron chi connectivity index (χ3n) is 0.588. The third-order valence-corrected chi connectivity index (χ3v) is 1.05. The maximum absolute atomic E-state index is 10.3. The van der Waals surface area contributed by atoms with Gasteiger partial charge in [-0.15, -0.1) is 0 Å². The van der Waals surface area contributed by atoms with Crippen LogP contribution in [0.4, 0.5) is 0 Å². The number of hydrogen-bond donors (Lipinski definition) is 0. The van der Waals surface area contributed by atoms with Crippen molar-refractivity contribution in [2.45, 2.75) is 0 Å². The predicted molar refractivity (Wildman–Crippen MR) is 34.7 cm³/mol. The van der Waals surface area contributed by atoms with Crippen LogP contribution in [0, 0.1) is 0 Å². The Morgan fingerprint density at radius 2 is 1.45 bits per heavy atom. The quantitative estimate of drug-likeness (QED) is 0.440. The molecule has 0 N–H and O–H groups in total. The van der Waals surface area contributed by atoms with Crippen LogP contribution >= 0.6 is 12.3 Å². The van der Waals surface area contributed by atoms with Gasteiger partial charge in [0.05, 0.1) is 0 Å². The van der Waals surface area contributed by atoms with Crippen LogP contribution in [0.3, 0.4) is 0 Å². The van der Waals surface area contributed by atoms with E-state index in [4.69, 9.17) is 0 Å². The molecular weight excluding hydrogens is 364 g/mol. The first-order chi connectivity index (χ1) is 4.29. The van der Waals surface area contributed by atoms with Crippen LogP contribution in [0.15, 0.2) is 12.2 Å². The van der Waals surface area contributed by atoms with Gasteiger partial charge in [0, 0.05) is 64.1 Å². The summed E-state index contributed by atoms with van der Waals surface area (Å²) in [4.78, 5) is 20.5. The standard InChI is InChI=1S/C4H2O4S.Au.Na/c5-3-1-2-4(6)8-9-7-3;;/h1-2H;;. The van der Waals surface area contributed by atoms with E-state index in [-0.39, 0.29) is 51.9 Å². The van der Waals surface area contributed by atoms with E-state index in [0.29, 0.717) is 12.3 Å². The molecule has 0 amide bonds. The van der Waals surface area contributed by atoms with Gasteiger partial charge in [-0.3, -0.25) is 0 Å². The summed E-state index contributed by atoms with van der Waals surface area (Å²) in [5.74, 6) is -1.18. The number of carbonyl (C=O) groups is 2. The molecule has 0 saturated heterocycles. The molecule has 7 heteroatoms. The Labute approximate surface area is 105 Å². The van der Waals surface area contributed by atoms with Gasteiger partial charge in [-0.1, -0.05) is 0 Å². The predicted octanol–water partition coefficient (Wildman–Crippen LogP) is -0.178. The molecule has 0 aromatic rings. The Hall–Kier alpha value is 0.770. The van der Waals surface area contributed by atoms with E-state index in [9.17, 15) is 9.59 Å². The zero-order valence-electron chi connectivity index (χ0n) is 5.50. The Bertz CT molecular complexity index is 165. The number of carbonyl (C=O) groups excluding carboxylic acids is 2. The molecule has 1 rings (SSSR count). The zero-order valence-corrected chi connectivity index (χ0v) is 10.5. The molecule has 1 aliphatic rings. The van der Waals surface area contributed by atoms with Gasteiger partial charge in [-0.2, -0.15) is 0 Å². The summed E-state index contributed by atoms with van der Waals surface area (Å²) in [6.45, 7) is 0. The normalized spacial score (nSPS) is 14.9. The Morgan fingerprint density at radius 3 is 1.82 bits per heavy atom. The molecule has 0 aliphatic carbocycles. The van der Waals surface area contributed by atoms with E-state index < -0.39 is 11.9 Å². The van der Waals surface area contributed by atoms with Crippen molar-refractivity contribution < 1.29 is 40.3 Å². The van der Waals surface area contributed by atoms with Gasteiger partial charge < -0.3 is 8.37 Å². The fourth-order valence-corrected chi connectivity index (χ4v) is 0.555. The molecule has 0 spiro atoms. The van der Waals surface area contributed by atoms with Crippen molar-refractivity contribution in [3.63, 3.8) is 0 Å². The van der Waals surface area contributed by atoms with Crippen molar-refractivity contribution in [3.05, 3.63) is 12.2 Å². The molecule has 4 nitrogen and oxygen atoms in total. The molecular formula is C4H2AuNaO4S. The Kier molecular flexibility index (Phi) is 9.65. The van der Waals surface area contributed by atoms with Crippen molar-refractivity contribution in [2.75, 3.05) is 0 Å². The van der Waals surface area contributed by atoms with E-state index in [1.807, 2.05) is 0 Å². The molecule has 1 heterocycles. The summed E-state index contributed by atoms with van der Waals surface area (Å²) in [7, 11) is 0. The van der Waals surface area contributed by atoms with Crippen molar-refractivity contribution in [3.8, 4) is 0 Å². The molecule has 60 valence electrons. The van der Waals surface area contributed by atoms with Gasteiger partial charge in [-0.05, 0) is 0 Å². The molecule has 0 fully saturated rings. The van der Waals surface area contributed by atoms with Crippen LogP contribution in [0.25, 0.3) is 0 Å². The van der Waals surface area contributed by atoms with Gasteiger partial charge in [0.1, 0.15) is 0 Å². The summed E-state index contributed by atoms with van der Waals surface area (Å²) in [6, 6.07) is 0. The van der Waals surface area contributed by atoms with Crippen LogP contribution in [0.1, 0.15) is 0 Å². The van der Waals surface area contributed by atoms with Crippen LogP contribution in [-0.4, -0.2) is 41.5 Å². The number of rotatable bonds is 0. The van der Waals surface area contributed by atoms with Crippen molar-refractivity contribution in [1.82, 2.24) is 0 Å². The minimum absolute atomic E-state index is 0. The number of hydrogen-bond acceptors (Lipinski definition) is 5. The Balaban J connectivity index is 0. The first-order valence-corrected chi connectivity index (χ1v) is 2.73. The second kappa shape index (κ2) is 7.42. The first kappa shape index (κ1) is 14.3. The van der Waals surface area contributed by atoms with Crippen LogP contribution in [-0.2, 0) is 40.3 Å². The van der Waals surface area contributed by atoms with E-state index in [1.54, 1.807) is 0 Å². The van der Waals surface area contributed by atoms with Gasteiger partial charge in [0.25, 0.3) is 12.3 Å². The van der Waals surface area contributed by atoms with Gasteiger partial charge in [0.15, 0.2) is 0 Å². The summed E-state index contributed by atoms with van der Waals surface area (Å²) in [6.07, 6.45) is 2.00. The molecule has 0 saturated carbocycles. The topological polar surface area (TPSA) is 52.6 Å². The van der Waals surface area contributed by atoms with Crippen molar-refractivity contribution in [2.24, 2.45) is 0 Å². The summed E-state index contributed by atoms with van der Waals surface area (Å²) < 4.78 is 8.44. The van der Waals surface area contributed by atoms with Crippen LogP contribution < -0.4 is 0 Å². The van der Waals surface area contributed by atoms with E-state index >= 15 is 0 Å². The molecule has 0 aromatic carbocycles. The monoisotopic (exact) mass is 366 g/mol. The summed E-state index contributed by atoms with van der Waals surface area (Å²) in [5.41, 5.74) is 0. The average molecular weight is 366 g/mol. The minimum atomic E-state index is -0.592. The molecule has 2 radical (unpaired) electrons. The molecule has 0 aromatic heterocycles. The van der Waals surface area contributed by atoms with Gasteiger partial charge >= 0.3 is 11.9 Å². The second-order valence-corrected chi connectivity index (χ2v) is 1.68. The third kappa shape index (κ3) is 5.98. The molecule has 0 atom stereocenters. The Morgan fingerprint density at radius 1 is 1.09 bits per heavy atom. The molecule has 11 heavy (non-hydrogen) atoms. The molecule has 0 bridgehead atoms. The van der Waals surface area contributed by atoms with Gasteiger partial charge in [-0.25, -0.2) is 9.59 Å². The average Bonchev–Trinajstić information content (AvgIpc) is 1.97.